The maximum absolute atomic E-state index is 11.0. The lowest BCUT2D eigenvalue weighted by Gasteiger charge is -2.45. The monoisotopic (exact) mass is 397 g/mol. The van der Waals surface area contributed by atoms with Crippen LogP contribution in [0.3, 0.4) is 0 Å². The van der Waals surface area contributed by atoms with Crippen LogP contribution in [0.5, 0.6) is 5.75 Å². The minimum Gasteiger partial charge on any atom is -0.483 e. The zero-order valence-corrected chi connectivity index (χ0v) is 15.9. The molecule has 1 aliphatic heterocycles. The lowest BCUT2D eigenvalue weighted by atomic mass is 9.87. The molecular formula is C20H23N5O4. The Morgan fingerprint density at radius 2 is 1.93 bits per heavy atom. The predicted molar refractivity (Wildman–Crippen MR) is 108 cm³/mol. The van der Waals surface area contributed by atoms with Crippen molar-refractivity contribution in [2.24, 2.45) is 21.5 Å². The van der Waals surface area contributed by atoms with Gasteiger partial charge < -0.3 is 25.7 Å². The molecule has 0 unspecified atom stereocenters. The van der Waals surface area contributed by atoms with Crippen LogP contribution in [0.1, 0.15) is 48.4 Å². The number of nitrogens with two attached hydrogens (primary N) is 2. The first-order chi connectivity index (χ1) is 14.0. The zero-order chi connectivity index (χ0) is 20.4. The van der Waals surface area contributed by atoms with Crippen molar-refractivity contribution in [2.75, 3.05) is 4.90 Å². The standard InChI is InChI=1S/C20H23N5O4/c21-18-23-19(22)25(20(24-18)10-4-1-5-11-20)14-6-2-3-7-15(14)28-12-13-8-9-16(29-13)17(26)27/h2-3,6-9H,1,4-5,10-12H2,(H,26,27)(H4,21,22,23,24). The van der Waals surface area contributed by atoms with Crippen molar-refractivity contribution in [2.45, 2.75) is 44.4 Å². The average Bonchev–Trinajstić information content (AvgIpc) is 3.16. The van der Waals surface area contributed by atoms with Crippen LogP contribution >= 0.6 is 0 Å². The first-order valence-corrected chi connectivity index (χ1v) is 9.52. The Morgan fingerprint density at radius 1 is 1.17 bits per heavy atom. The largest absolute Gasteiger partial charge is 0.483 e. The van der Waals surface area contributed by atoms with E-state index in [-0.39, 0.29) is 24.3 Å². The maximum Gasteiger partial charge on any atom is 0.371 e. The van der Waals surface area contributed by atoms with E-state index in [0.29, 0.717) is 11.5 Å². The van der Waals surface area contributed by atoms with E-state index in [1.807, 2.05) is 29.2 Å². The van der Waals surface area contributed by atoms with Gasteiger partial charge in [0.05, 0.1) is 5.69 Å². The molecule has 2 aliphatic rings. The number of carboxylic acids is 1. The minimum atomic E-state index is -1.12. The number of anilines is 1. The summed E-state index contributed by atoms with van der Waals surface area (Å²) < 4.78 is 11.2. The highest BCUT2D eigenvalue weighted by atomic mass is 16.5. The Kier molecular flexibility index (Phi) is 4.87. The fourth-order valence-electron chi connectivity index (χ4n) is 3.95. The van der Waals surface area contributed by atoms with E-state index in [4.69, 9.17) is 25.7 Å². The number of benzene rings is 1. The number of hydrogen-bond acceptors (Lipinski definition) is 8. The van der Waals surface area contributed by atoms with Gasteiger partial charge in [-0.2, -0.15) is 4.99 Å². The molecule has 9 nitrogen and oxygen atoms in total. The molecule has 152 valence electrons. The topological polar surface area (TPSA) is 140 Å². The highest BCUT2D eigenvalue weighted by Gasteiger charge is 2.43. The second-order valence-corrected chi connectivity index (χ2v) is 7.15. The molecule has 4 rings (SSSR count). The van der Waals surface area contributed by atoms with E-state index < -0.39 is 11.6 Å². The van der Waals surface area contributed by atoms with Crippen LogP contribution in [0.2, 0.25) is 0 Å². The van der Waals surface area contributed by atoms with Crippen LogP contribution in [0.15, 0.2) is 50.8 Å². The van der Waals surface area contributed by atoms with E-state index in [9.17, 15) is 4.79 Å². The molecule has 0 radical (unpaired) electrons. The Labute approximate surface area is 167 Å². The van der Waals surface area contributed by atoms with E-state index in [1.165, 1.54) is 6.07 Å². The number of para-hydroxylation sites is 2. The van der Waals surface area contributed by atoms with Gasteiger partial charge in [-0.1, -0.05) is 18.6 Å². The van der Waals surface area contributed by atoms with Crippen molar-refractivity contribution in [3.63, 3.8) is 0 Å². The quantitative estimate of drug-likeness (QED) is 0.704. The van der Waals surface area contributed by atoms with E-state index in [2.05, 4.69) is 9.98 Å². The smallest absolute Gasteiger partial charge is 0.371 e. The van der Waals surface area contributed by atoms with Gasteiger partial charge in [-0.05, 0) is 49.9 Å². The van der Waals surface area contributed by atoms with Gasteiger partial charge in [0.25, 0.3) is 0 Å². The van der Waals surface area contributed by atoms with Crippen molar-refractivity contribution in [3.8, 4) is 5.75 Å². The fraction of sp³-hybridized carbons (Fsp3) is 0.350. The first-order valence-electron chi connectivity index (χ1n) is 9.52. The normalized spacial score (nSPS) is 18.3. The number of ether oxygens (including phenoxy) is 1. The second-order valence-electron chi connectivity index (χ2n) is 7.15. The molecule has 0 bridgehead atoms. The number of aliphatic imine (C=N–C) groups is 2. The highest BCUT2D eigenvalue weighted by molar-refractivity contribution is 6.06. The number of nitrogens with zero attached hydrogens (tertiary/aromatic N) is 3. The average molecular weight is 397 g/mol. The summed E-state index contributed by atoms with van der Waals surface area (Å²) in [6.07, 6.45) is 4.82. The number of rotatable bonds is 5. The lowest BCUT2D eigenvalue weighted by Crippen LogP contribution is -2.58. The SMILES string of the molecule is NC1=NC2(CCCCC2)N(c2ccccc2OCc2ccc(C(=O)O)o2)C(N)=N1. The molecule has 1 fully saturated rings. The van der Waals surface area contributed by atoms with E-state index in [1.54, 1.807) is 6.07 Å². The van der Waals surface area contributed by atoms with Gasteiger partial charge in [0.15, 0.2) is 0 Å². The number of furan rings is 1. The van der Waals surface area contributed by atoms with Crippen LogP contribution < -0.4 is 21.1 Å². The summed E-state index contributed by atoms with van der Waals surface area (Å²) in [4.78, 5) is 21.8. The van der Waals surface area contributed by atoms with Gasteiger partial charge in [0.2, 0.25) is 17.7 Å². The van der Waals surface area contributed by atoms with Gasteiger partial charge in [0, 0.05) is 0 Å². The molecule has 1 aliphatic carbocycles. The van der Waals surface area contributed by atoms with Crippen molar-refractivity contribution in [1.29, 1.82) is 0 Å². The third kappa shape index (κ3) is 3.63. The van der Waals surface area contributed by atoms with Crippen molar-refractivity contribution >= 4 is 23.6 Å². The molecule has 0 amide bonds. The summed E-state index contributed by atoms with van der Waals surface area (Å²) in [6.45, 7) is 0.0770. The number of carboxylic acid groups (broad SMARTS) is 1. The minimum absolute atomic E-state index is 0.0770. The van der Waals surface area contributed by atoms with E-state index in [0.717, 1.165) is 37.8 Å². The van der Waals surface area contributed by atoms with Crippen molar-refractivity contribution in [3.05, 3.63) is 47.9 Å². The summed E-state index contributed by atoms with van der Waals surface area (Å²) in [5.74, 6) is 0.197. The summed E-state index contributed by atoms with van der Waals surface area (Å²) in [6, 6.07) is 10.4. The second kappa shape index (κ2) is 7.50. The molecule has 0 atom stereocenters. The van der Waals surface area contributed by atoms with Gasteiger partial charge in [0.1, 0.15) is 23.8 Å². The molecule has 0 saturated heterocycles. The number of carbonyl (C=O) groups is 1. The van der Waals surface area contributed by atoms with Crippen LogP contribution in [0.4, 0.5) is 5.69 Å². The number of hydrogen-bond donors (Lipinski definition) is 3. The number of guanidine groups is 2. The van der Waals surface area contributed by atoms with Gasteiger partial charge in [-0.3, -0.25) is 4.90 Å². The summed E-state index contributed by atoms with van der Waals surface area (Å²) in [5, 5.41) is 9.00. The first kappa shape index (κ1) is 18.9. The van der Waals surface area contributed by atoms with Crippen LogP contribution in [0.25, 0.3) is 0 Å². The van der Waals surface area contributed by atoms with Gasteiger partial charge in [-0.15, -0.1) is 0 Å². The molecular weight excluding hydrogens is 374 g/mol. The zero-order valence-electron chi connectivity index (χ0n) is 15.9. The Hall–Kier alpha value is -3.49. The summed E-state index contributed by atoms with van der Waals surface area (Å²) in [5.41, 5.74) is 12.4. The van der Waals surface area contributed by atoms with Crippen LogP contribution in [0, 0.1) is 0 Å². The molecule has 1 aromatic heterocycles. The molecule has 1 spiro atoms. The molecule has 29 heavy (non-hydrogen) atoms. The Morgan fingerprint density at radius 3 is 2.66 bits per heavy atom. The Bertz CT molecular complexity index is 975. The molecule has 1 aromatic carbocycles. The third-order valence-corrected chi connectivity index (χ3v) is 5.20. The van der Waals surface area contributed by atoms with Gasteiger partial charge >= 0.3 is 5.97 Å². The lowest BCUT2D eigenvalue weighted by molar-refractivity contribution is 0.0658. The van der Waals surface area contributed by atoms with Crippen LogP contribution in [-0.4, -0.2) is 28.7 Å². The van der Waals surface area contributed by atoms with Crippen LogP contribution in [-0.2, 0) is 6.61 Å². The molecule has 9 heteroatoms. The molecule has 2 heterocycles. The third-order valence-electron chi connectivity index (χ3n) is 5.20. The summed E-state index contributed by atoms with van der Waals surface area (Å²) in [7, 11) is 0. The summed E-state index contributed by atoms with van der Waals surface area (Å²) >= 11 is 0. The highest BCUT2D eigenvalue weighted by Crippen LogP contribution is 2.42. The number of aromatic carboxylic acids is 1. The van der Waals surface area contributed by atoms with Gasteiger partial charge in [-0.25, -0.2) is 9.79 Å². The van der Waals surface area contributed by atoms with E-state index >= 15 is 0 Å². The predicted octanol–water partition coefficient (Wildman–Crippen LogP) is 2.67. The fourth-order valence-corrected chi connectivity index (χ4v) is 3.95. The molecule has 1 saturated carbocycles. The molecule has 2 aromatic rings. The maximum atomic E-state index is 11.0. The van der Waals surface area contributed by atoms with Crippen molar-refractivity contribution < 1.29 is 19.1 Å². The Balaban J connectivity index is 1.64. The van der Waals surface area contributed by atoms with Crippen molar-refractivity contribution in [1.82, 2.24) is 0 Å². The molecule has 5 N–H and O–H groups in total.